The van der Waals surface area contributed by atoms with Gasteiger partial charge in [-0.2, -0.15) is 0 Å². The minimum absolute atomic E-state index is 0.599. The van der Waals surface area contributed by atoms with Crippen molar-refractivity contribution < 1.29 is 26.6 Å². The lowest BCUT2D eigenvalue weighted by Gasteiger charge is -2.34. The average Bonchev–Trinajstić information content (AvgIpc) is 2.80. The van der Waals surface area contributed by atoms with Gasteiger partial charge >= 0.3 is 17.6 Å². The molecule has 0 aliphatic carbocycles. The van der Waals surface area contributed by atoms with E-state index in [1.165, 1.54) is 0 Å². The molecule has 0 spiro atoms. The van der Waals surface area contributed by atoms with Crippen molar-refractivity contribution in [1.82, 2.24) is 9.80 Å². The standard InChI is InChI=1S/C23H52N2O6SSi2/c1-9-24(19-17-21-33(26-11-3,27-12-4)28-13-5)23(32)25(10-2)20-18-22-34(29-14-6,30-15-7)31-16-8/h9-22H2,1-8H3. The number of nitrogens with zero attached hydrogens (tertiary/aromatic N) is 2. The van der Waals surface area contributed by atoms with Crippen LogP contribution in [0.25, 0.3) is 0 Å². The predicted octanol–water partition coefficient (Wildman–Crippen LogP) is 4.79. The molecule has 0 aromatic heterocycles. The molecule has 0 rings (SSSR count). The summed E-state index contributed by atoms with van der Waals surface area (Å²) in [5.74, 6) is 0. The number of thiocarbonyl (C=S) groups is 1. The Morgan fingerprint density at radius 3 is 1.00 bits per heavy atom. The Balaban J connectivity index is 5.01. The first-order chi connectivity index (χ1) is 16.4. The van der Waals surface area contributed by atoms with Gasteiger partial charge in [0, 0.05) is 77.9 Å². The highest BCUT2D eigenvalue weighted by molar-refractivity contribution is 7.80. The van der Waals surface area contributed by atoms with E-state index in [1.807, 2.05) is 41.5 Å². The summed E-state index contributed by atoms with van der Waals surface area (Å²) < 4.78 is 36.0. The van der Waals surface area contributed by atoms with Crippen LogP contribution in [0.5, 0.6) is 0 Å². The second kappa shape index (κ2) is 20.0. The van der Waals surface area contributed by atoms with Crippen LogP contribution in [0.2, 0.25) is 12.1 Å². The van der Waals surface area contributed by atoms with Crippen LogP contribution in [-0.4, -0.2) is 98.3 Å². The van der Waals surface area contributed by atoms with E-state index in [9.17, 15) is 0 Å². The summed E-state index contributed by atoms with van der Waals surface area (Å²) in [6.45, 7) is 23.3. The zero-order valence-electron chi connectivity index (χ0n) is 23.2. The van der Waals surface area contributed by atoms with Crippen molar-refractivity contribution in [2.75, 3.05) is 65.8 Å². The van der Waals surface area contributed by atoms with Gasteiger partial charge in [-0.15, -0.1) is 0 Å². The molecule has 0 amide bonds. The maximum atomic E-state index is 6.00. The fourth-order valence-corrected chi connectivity index (χ4v) is 9.58. The molecule has 0 atom stereocenters. The zero-order valence-corrected chi connectivity index (χ0v) is 26.0. The summed E-state index contributed by atoms with van der Waals surface area (Å²) in [5, 5.41) is 0.887. The Bertz CT molecular complexity index is 446. The first-order valence-corrected chi connectivity index (χ1v) is 17.5. The number of hydrogen-bond donors (Lipinski definition) is 0. The van der Waals surface area contributed by atoms with Gasteiger partial charge in [0.25, 0.3) is 0 Å². The molecule has 0 bridgehead atoms. The third-order valence-corrected chi connectivity index (χ3v) is 12.1. The SMILES string of the molecule is CCO[Si](CCCN(CC)C(=S)N(CC)CCC[Si](OCC)(OCC)OCC)(OCC)OCC. The molecular formula is C23H52N2O6SSi2. The molecule has 0 unspecified atom stereocenters. The van der Waals surface area contributed by atoms with Crippen molar-refractivity contribution in [3.63, 3.8) is 0 Å². The van der Waals surface area contributed by atoms with Gasteiger partial charge in [0.05, 0.1) is 0 Å². The maximum Gasteiger partial charge on any atom is 0.500 e. The van der Waals surface area contributed by atoms with Crippen LogP contribution in [0, 0.1) is 0 Å². The van der Waals surface area contributed by atoms with Gasteiger partial charge in [-0.05, 0) is 80.4 Å². The highest BCUT2D eigenvalue weighted by Crippen LogP contribution is 2.20. The number of rotatable bonds is 22. The van der Waals surface area contributed by atoms with E-state index in [0.717, 1.165) is 56.2 Å². The lowest BCUT2D eigenvalue weighted by molar-refractivity contribution is 0.0698. The molecule has 0 N–H and O–H groups in total. The van der Waals surface area contributed by atoms with Gasteiger partial charge in [0.2, 0.25) is 0 Å². The van der Waals surface area contributed by atoms with Crippen LogP contribution >= 0.6 is 12.2 Å². The van der Waals surface area contributed by atoms with Crippen molar-refractivity contribution in [1.29, 1.82) is 0 Å². The summed E-state index contributed by atoms with van der Waals surface area (Å²) in [5.41, 5.74) is 0. The molecule has 0 aromatic carbocycles. The van der Waals surface area contributed by atoms with Crippen LogP contribution in [-0.2, 0) is 26.6 Å². The lowest BCUT2D eigenvalue weighted by atomic mass is 10.4. The first kappa shape index (κ1) is 33.9. The molecule has 0 aliphatic rings. The molecule has 0 aromatic rings. The highest BCUT2D eigenvalue weighted by atomic mass is 32.1. The quantitative estimate of drug-likeness (QED) is 0.142. The van der Waals surface area contributed by atoms with Crippen LogP contribution in [0.1, 0.15) is 68.2 Å². The van der Waals surface area contributed by atoms with Gasteiger partial charge < -0.3 is 36.4 Å². The Morgan fingerprint density at radius 1 is 0.529 bits per heavy atom. The molecule has 0 saturated carbocycles. The normalized spacial score (nSPS) is 12.2. The maximum absolute atomic E-state index is 6.00. The molecule has 204 valence electrons. The monoisotopic (exact) mass is 540 g/mol. The van der Waals surface area contributed by atoms with Crippen molar-refractivity contribution in [3.05, 3.63) is 0 Å². The Kier molecular flexibility index (Phi) is 19.9. The molecular weight excluding hydrogens is 489 g/mol. The number of hydrogen-bond acceptors (Lipinski definition) is 7. The molecule has 8 nitrogen and oxygen atoms in total. The third kappa shape index (κ3) is 12.2. The third-order valence-electron chi connectivity index (χ3n) is 5.31. The van der Waals surface area contributed by atoms with E-state index in [4.69, 9.17) is 38.8 Å². The summed E-state index contributed by atoms with van der Waals surface area (Å²) in [6.07, 6.45) is 1.82. The molecule has 0 heterocycles. The molecule has 0 radical (unpaired) electrons. The average molecular weight is 541 g/mol. The van der Waals surface area contributed by atoms with E-state index < -0.39 is 17.6 Å². The molecule has 34 heavy (non-hydrogen) atoms. The smallest absolute Gasteiger partial charge is 0.374 e. The van der Waals surface area contributed by atoms with E-state index in [0.29, 0.717) is 39.6 Å². The van der Waals surface area contributed by atoms with E-state index in [-0.39, 0.29) is 0 Å². The van der Waals surface area contributed by atoms with Crippen molar-refractivity contribution >= 4 is 34.9 Å². The summed E-state index contributed by atoms with van der Waals surface area (Å²) in [7, 11) is -5.26. The summed E-state index contributed by atoms with van der Waals surface area (Å²) >= 11 is 5.90. The Labute approximate surface area is 217 Å². The minimum Gasteiger partial charge on any atom is -0.374 e. The largest absolute Gasteiger partial charge is 0.500 e. The first-order valence-electron chi connectivity index (χ1n) is 13.2. The fourth-order valence-electron chi connectivity index (χ4n) is 3.95. The predicted molar refractivity (Wildman–Crippen MR) is 147 cm³/mol. The minimum atomic E-state index is -2.63. The van der Waals surface area contributed by atoms with Crippen molar-refractivity contribution in [2.24, 2.45) is 0 Å². The second-order valence-corrected chi connectivity index (χ2v) is 13.4. The molecule has 0 saturated heterocycles. The highest BCUT2D eigenvalue weighted by Gasteiger charge is 2.41. The van der Waals surface area contributed by atoms with E-state index >= 15 is 0 Å². The van der Waals surface area contributed by atoms with Gasteiger partial charge in [0.1, 0.15) is 0 Å². The van der Waals surface area contributed by atoms with E-state index in [2.05, 4.69) is 23.6 Å². The fraction of sp³-hybridized carbons (Fsp3) is 0.957. The second-order valence-electron chi connectivity index (χ2n) is 7.61. The van der Waals surface area contributed by atoms with Gasteiger partial charge in [0.15, 0.2) is 5.11 Å². The Hall–Kier alpha value is -0.116. The van der Waals surface area contributed by atoms with Gasteiger partial charge in [-0.3, -0.25) is 0 Å². The summed E-state index contributed by atoms with van der Waals surface area (Å²) in [4.78, 5) is 4.53. The van der Waals surface area contributed by atoms with Crippen LogP contribution in [0.4, 0.5) is 0 Å². The topological polar surface area (TPSA) is 61.9 Å². The van der Waals surface area contributed by atoms with Crippen LogP contribution < -0.4 is 0 Å². The molecule has 11 heteroatoms. The summed E-state index contributed by atoms with van der Waals surface area (Å²) in [6, 6.07) is 1.58. The van der Waals surface area contributed by atoms with Crippen LogP contribution in [0.3, 0.4) is 0 Å². The van der Waals surface area contributed by atoms with E-state index in [1.54, 1.807) is 0 Å². The van der Waals surface area contributed by atoms with Crippen LogP contribution in [0.15, 0.2) is 0 Å². The Morgan fingerprint density at radius 2 is 0.794 bits per heavy atom. The molecule has 0 fully saturated rings. The van der Waals surface area contributed by atoms with Gasteiger partial charge in [-0.25, -0.2) is 0 Å². The lowest BCUT2D eigenvalue weighted by Crippen LogP contribution is -2.48. The van der Waals surface area contributed by atoms with Crippen molar-refractivity contribution in [2.45, 2.75) is 80.3 Å². The van der Waals surface area contributed by atoms with Crippen molar-refractivity contribution in [3.8, 4) is 0 Å². The molecule has 0 aliphatic heterocycles. The zero-order chi connectivity index (χ0) is 25.9. The van der Waals surface area contributed by atoms with Gasteiger partial charge in [-0.1, -0.05) is 0 Å².